The highest BCUT2D eigenvalue weighted by Crippen LogP contribution is 2.28. The summed E-state index contributed by atoms with van der Waals surface area (Å²) in [6, 6.07) is 5.55. The summed E-state index contributed by atoms with van der Waals surface area (Å²) in [5.74, 6) is 1.75. The molecule has 0 fully saturated rings. The predicted molar refractivity (Wildman–Crippen MR) is 131 cm³/mol. The van der Waals surface area contributed by atoms with Crippen molar-refractivity contribution in [3.63, 3.8) is 0 Å². The zero-order chi connectivity index (χ0) is 23.0. The number of pyridine rings is 2. The quantitative estimate of drug-likeness (QED) is 0.197. The normalized spacial score (nSPS) is 11.3. The first-order chi connectivity index (χ1) is 16.2. The topological polar surface area (TPSA) is 124 Å². The number of anilines is 1. The van der Waals surface area contributed by atoms with E-state index in [1.807, 2.05) is 12.1 Å². The summed E-state index contributed by atoms with van der Waals surface area (Å²) in [6.45, 7) is 3.58. The predicted octanol–water partition coefficient (Wildman–Crippen LogP) is 3.38. The number of hydrogen-bond acceptors (Lipinski definition) is 8. The van der Waals surface area contributed by atoms with Gasteiger partial charge in [-0.3, -0.25) is 9.78 Å². The Morgan fingerprint density at radius 3 is 2.70 bits per heavy atom. The Morgan fingerprint density at radius 1 is 1.06 bits per heavy atom. The number of fused-ring (bicyclic) bond motifs is 3. The van der Waals surface area contributed by atoms with Crippen molar-refractivity contribution >= 4 is 45.6 Å². The van der Waals surface area contributed by atoms with Crippen LogP contribution in [0, 0.1) is 0 Å². The summed E-state index contributed by atoms with van der Waals surface area (Å²) in [7, 11) is 0. The van der Waals surface area contributed by atoms with Crippen LogP contribution < -0.4 is 11.1 Å². The number of nitrogens with one attached hydrogen (secondary N) is 1. The third kappa shape index (κ3) is 5.57. The van der Waals surface area contributed by atoms with Gasteiger partial charge in [0.15, 0.2) is 11.0 Å². The molecule has 4 aromatic heterocycles. The molecule has 0 saturated carbocycles. The van der Waals surface area contributed by atoms with Gasteiger partial charge in [0, 0.05) is 38.1 Å². The first kappa shape index (κ1) is 22.9. The highest BCUT2D eigenvalue weighted by molar-refractivity contribution is 7.99. The molecule has 0 aromatic carbocycles. The van der Waals surface area contributed by atoms with Crippen molar-refractivity contribution in [3.05, 3.63) is 42.6 Å². The molecule has 33 heavy (non-hydrogen) atoms. The van der Waals surface area contributed by atoms with Crippen LogP contribution in [0.3, 0.4) is 0 Å². The average Bonchev–Trinajstić information content (AvgIpc) is 3.21. The number of rotatable bonds is 11. The Kier molecular flexibility index (Phi) is 7.66. The molecule has 0 aliphatic heterocycles. The van der Waals surface area contributed by atoms with Gasteiger partial charge in [0.2, 0.25) is 5.91 Å². The van der Waals surface area contributed by atoms with Crippen LogP contribution in [0.15, 0.2) is 41.9 Å². The first-order valence-corrected chi connectivity index (χ1v) is 12.2. The molecular formula is C23H28N8OS. The van der Waals surface area contributed by atoms with Crippen molar-refractivity contribution in [2.45, 2.75) is 50.7 Å². The summed E-state index contributed by atoms with van der Waals surface area (Å²) in [6.07, 6.45) is 9.90. The maximum absolute atomic E-state index is 12.1. The number of nitrogen functional groups attached to an aromatic ring is 1. The van der Waals surface area contributed by atoms with Crippen LogP contribution in [0.2, 0.25) is 0 Å². The van der Waals surface area contributed by atoms with E-state index in [2.05, 4.69) is 36.7 Å². The molecule has 10 heteroatoms. The Labute approximate surface area is 196 Å². The van der Waals surface area contributed by atoms with Crippen molar-refractivity contribution in [2.75, 3.05) is 18.0 Å². The third-order valence-corrected chi connectivity index (χ3v) is 6.18. The van der Waals surface area contributed by atoms with Gasteiger partial charge in [0.25, 0.3) is 0 Å². The zero-order valence-electron chi connectivity index (χ0n) is 18.7. The molecule has 0 saturated heterocycles. The smallest absolute Gasteiger partial charge is 0.230 e. The molecule has 9 nitrogen and oxygen atoms in total. The van der Waals surface area contributed by atoms with Gasteiger partial charge in [-0.05, 0) is 37.5 Å². The number of thioether (sulfide) groups is 1. The monoisotopic (exact) mass is 464 g/mol. The number of imidazole rings is 1. The number of hydrogen-bond donors (Lipinski definition) is 2. The highest BCUT2D eigenvalue weighted by atomic mass is 32.2. The molecular weight excluding hydrogens is 436 g/mol. The van der Waals surface area contributed by atoms with E-state index >= 15 is 0 Å². The number of aromatic nitrogens is 6. The van der Waals surface area contributed by atoms with Crippen LogP contribution in [-0.4, -0.2) is 47.7 Å². The molecule has 3 N–H and O–H groups in total. The number of nitrogens with zero attached hydrogens (tertiary/aromatic N) is 6. The van der Waals surface area contributed by atoms with E-state index in [0.717, 1.165) is 66.5 Å². The van der Waals surface area contributed by atoms with Gasteiger partial charge in [-0.15, -0.1) is 0 Å². The third-order valence-electron chi connectivity index (χ3n) is 5.30. The Morgan fingerprint density at radius 2 is 1.88 bits per heavy atom. The van der Waals surface area contributed by atoms with Gasteiger partial charge in [-0.2, -0.15) is 0 Å². The number of unbranched alkanes of at least 4 members (excludes halogenated alkanes) is 2. The second kappa shape index (κ2) is 11.0. The summed E-state index contributed by atoms with van der Waals surface area (Å²) >= 11 is 1.33. The van der Waals surface area contributed by atoms with Gasteiger partial charge >= 0.3 is 0 Å². The minimum Gasteiger partial charge on any atom is -0.382 e. The molecule has 0 bridgehead atoms. The van der Waals surface area contributed by atoms with E-state index in [1.165, 1.54) is 11.8 Å². The second-order valence-electron chi connectivity index (χ2n) is 7.73. The molecule has 1 amide bonds. The van der Waals surface area contributed by atoms with E-state index in [1.54, 1.807) is 24.7 Å². The fourth-order valence-corrected chi connectivity index (χ4v) is 4.33. The Hall–Kier alpha value is -3.27. The number of aryl methyl sites for hydroxylation is 2. The van der Waals surface area contributed by atoms with Crippen LogP contribution in [0.1, 0.15) is 38.4 Å². The molecule has 0 radical (unpaired) electrons. The van der Waals surface area contributed by atoms with Crippen LogP contribution in [0.25, 0.3) is 22.1 Å². The van der Waals surface area contributed by atoms with Crippen molar-refractivity contribution in [2.24, 2.45) is 0 Å². The lowest BCUT2D eigenvalue weighted by Crippen LogP contribution is -2.26. The van der Waals surface area contributed by atoms with Crippen LogP contribution >= 0.6 is 11.8 Å². The van der Waals surface area contributed by atoms with Crippen LogP contribution in [0.5, 0.6) is 0 Å². The minimum absolute atomic E-state index is 0.0155. The molecule has 4 rings (SSSR count). The SMILES string of the molecule is CCCCc1nc2c(N)nc3cccnc3c2n1CCCCNC(=O)CSc1ncccn1. The lowest BCUT2D eigenvalue weighted by molar-refractivity contribution is -0.118. The van der Waals surface area contributed by atoms with E-state index in [9.17, 15) is 4.79 Å². The first-order valence-electron chi connectivity index (χ1n) is 11.2. The molecule has 4 heterocycles. The maximum Gasteiger partial charge on any atom is 0.230 e. The Bertz CT molecular complexity index is 1230. The van der Waals surface area contributed by atoms with Crippen LogP contribution in [-0.2, 0) is 17.8 Å². The molecule has 0 unspecified atom stereocenters. The van der Waals surface area contributed by atoms with Gasteiger partial charge in [-0.25, -0.2) is 19.9 Å². The van der Waals surface area contributed by atoms with E-state index < -0.39 is 0 Å². The summed E-state index contributed by atoms with van der Waals surface area (Å²) in [5.41, 5.74) is 9.51. The van der Waals surface area contributed by atoms with Crippen LogP contribution in [0.4, 0.5) is 5.82 Å². The second-order valence-corrected chi connectivity index (χ2v) is 8.67. The van der Waals surface area contributed by atoms with E-state index in [4.69, 9.17) is 10.7 Å². The number of carbonyl (C=O) groups excluding carboxylic acids is 1. The average molecular weight is 465 g/mol. The van der Waals surface area contributed by atoms with Crippen molar-refractivity contribution in [1.82, 2.24) is 34.8 Å². The lowest BCUT2D eigenvalue weighted by Gasteiger charge is -2.11. The van der Waals surface area contributed by atoms with Gasteiger partial charge in [0.05, 0.1) is 11.3 Å². The number of amides is 1. The van der Waals surface area contributed by atoms with E-state index in [-0.39, 0.29) is 5.91 Å². The number of carbonyl (C=O) groups is 1. The summed E-state index contributed by atoms with van der Waals surface area (Å²) in [5, 5.41) is 3.58. The van der Waals surface area contributed by atoms with Gasteiger partial charge < -0.3 is 15.6 Å². The molecule has 0 aliphatic rings. The highest BCUT2D eigenvalue weighted by Gasteiger charge is 2.17. The summed E-state index contributed by atoms with van der Waals surface area (Å²) in [4.78, 5) is 34.2. The van der Waals surface area contributed by atoms with Gasteiger partial charge in [-0.1, -0.05) is 25.1 Å². The summed E-state index contributed by atoms with van der Waals surface area (Å²) < 4.78 is 2.24. The van der Waals surface area contributed by atoms with Crippen molar-refractivity contribution in [3.8, 4) is 0 Å². The zero-order valence-corrected chi connectivity index (χ0v) is 19.5. The molecule has 0 spiro atoms. The van der Waals surface area contributed by atoms with E-state index in [0.29, 0.717) is 23.3 Å². The molecule has 0 atom stereocenters. The molecule has 172 valence electrons. The fraction of sp³-hybridized carbons (Fsp3) is 0.391. The standard InChI is InChI=1S/C23H28N8OS/c1-2-3-9-17-30-20-21(19-16(29-22(20)24)8-6-11-26-19)31(17)14-5-4-10-25-18(32)15-33-23-27-12-7-13-28-23/h6-8,11-13H,2-5,9-10,14-15H2,1H3,(H2,24,29)(H,25,32). The largest absolute Gasteiger partial charge is 0.382 e. The maximum atomic E-state index is 12.1. The van der Waals surface area contributed by atoms with Gasteiger partial charge in [0.1, 0.15) is 22.4 Å². The van der Waals surface area contributed by atoms with Crippen molar-refractivity contribution in [1.29, 1.82) is 0 Å². The molecule has 0 aliphatic carbocycles. The molecule has 4 aromatic rings. The van der Waals surface area contributed by atoms with Crippen molar-refractivity contribution < 1.29 is 4.79 Å². The fourth-order valence-electron chi connectivity index (χ4n) is 3.70. The Balaban J connectivity index is 1.39. The number of nitrogens with two attached hydrogens (primary N) is 1. The minimum atomic E-state index is -0.0155. The lowest BCUT2D eigenvalue weighted by atomic mass is 10.2.